The Labute approximate surface area is 456 Å². The summed E-state index contributed by atoms with van der Waals surface area (Å²) in [6, 6.07) is 12.8. The number of thiol groups is 1. The van der Waals surface area contributed by atoms with Crippen LogP contribution in [0, 0.1) is 0 Å². The highest BCUT2D eigenvalue weighted by Gasteiger charge is 2.39. The van der Waals surface area contributed by atoms with E-state index in [1.54, 1.807) is 36.5 Å². The molecule has 0 unspecified atom stereocenters. The van der Waals surface area contributed by atoms with Crippen LogP contribution in [0.4, 0.5) is 13.2 Å². The number of hydrogen-bond donors (Lipinski definition) is 16. The summed E-state index contributed by atoms with van der Waals surface area (Å²) in [5.41, 5.74) is 14.9. The molecule has 0 aliphatic carbocycles. The number of halogens is 3. The Morgan fingerprint density at radius 2 is 1.01 bits per heavy atom. The van der Waals surface area contributed by atoms with Gasteiger partial charge in [0.25, 0.3) is 0 Å². The van der Waals surface area contributed by atoms with Crippen molar-refractivity contribution in [2.45, 2.75) is 119 Å². The number of aliphatic hydroxyl groups is 3. The van der Waals surface area contributed by atoms with Crippen molar-refractivity contribution in [3.63, 3.8) is 0 Å². The first kappa shape index (κ1) is 65.7. The molecule has 24 nitrogen and oxygen atoms in total. The smallest absolute Gasteiger partial charge is 0.480 e. The molecule has 7 amide bonds. The number of unbranched alkanes of at least 4 members (excludes halogenated alkanes) is 1. The van der Waals surface area contributed by atoms with Crippen molar-refractivity contribution in [3.05, 3.63) is 108 Å². The van der Waals surface area contributed by atoms with Gasteiger partial charge in [0.1, 0.15) is 42.3 Å². The van der Waals surface area contributed by atoms with Crippen LogP contribution in [0.1, 0.15) is 49.8 Å². The van der Waals surface area contributed by atoms with Gasteiger partial charge in [-0.05, 0) is 68.8 Å². The van der Waals surface area contributed by atoms with Crippen LogP contribution >= 0.6 is 12.6 Å². The Bertz CT molecular complexity index is 2670. The van der Waals surface area contributed by atoms with Gasteiger partial charge < -0.3 is 79.2 Å². The van der Waals surface area contributed by atoms with E-state index in [-0.39, 0.29) is 38.0 Å². The van der Waals surface area contributed by atoms with Gasteiger partial charge in [-0.25, -0.2) is 9.59 Å². The van der Waals surface area contributed by atoms with E-state index < -0.39 is 127 Å². The number of fused-ring (bicyclic) bond motifs is 1. The molecule has 0 fully saturated rings. The van der Waals surface area contributed by atoms with E-state index in [2.05, 4.69) is 54.8 Å². The fourth-order valence-corrected chi connectivity index (χ4v) is 7.80. The second-order valence-corrected chi connectivity index (χ2v) is 18.5. The number of carboxylic acids is 2. The highest BCUT2D eigenvalue weighted by Crippen LogP contribution is 2.20. The zero-order chi connectivity index (χ0) is 59.0. The summed E-state index contributed by atoms with van der Waals surface area (Å²) in [5, 5.41) is 65.8. The Kier molecular flexibility index (Phi) is 26.9. The molecule has 0 spiro atoms. The van der Waals surface area contributed by atoms with Crippen LogP contribution in [0.5, 0.6) is 0 Å². The van der Waals surface area contributed by atoms with Crippen molar-refractivity contribution in [2.24, 2.45) is 11.5 Å². The lowest BCUT2D eigenvalue weighted by molar-refractivity contribution is -0.192. The predicted molar refractivity (Wildman–Crippen MR) is 282 cm³/mol. The van der Waals surface area contributed by atoms with Crippen LogP contribution in [-0.2, 0) is 62.4 Å². The number of rotatable bonds is 29. The summed E-state index contributed by atoms with van der Waals surface area (Å²) in [6.45, 7) is 1.61. The molecule has 28 heteroatoms. The lowest BCUT2D eigenvalue weighted by atomic mass is 10.0. The number of H-pyrrole nitrogens is 1. The summed E-state index contributed by atoms with van der Waals surface area (Å²) in [4.78, 5) is 120. The maximum absolute atomic E-state index is 14.3. The molecule has 0 aliphatic rings. The number of aromatic amines is 1. The number of para-hydroxylation sites is 1. The number of nitrogens with one attached hydrogen (secondary N) is 8. The van der Waals surface area contributed by atoms with Crippen LogP contribution in [0.25, 0.3) is 10.9 Å². The molecule has 0 radical (unpaired) electrons. The van der Waals surface area contributed by atoms with Gasteiger partial charge in [-0.3, -0.25) is 33.6 Å². The minimum atomic E-state index is -5.08. The molecule has 1 aromatic heterocycles. The minimum absolute atomic E-state index is 0.0140. The minimum Gasteiger partial charge on any atom is -0.480 e. The SMILES string of the molecule is C[C@@H](O)[C@H](NC(=O)[C@H](Cc1ccccc1)NC(=O)[C@@H](NC(=O)[C@H](CCCCN)NC(=O)[C@H](Cc1c[nH]c2ccccc12)NC(=O)[C@@H](N)Cc1ccccc1)[C@@H](C)O)C(=O)N[C@@H](CO)C(=O)N[C@@H](CS)C(=O)O.O=C(O)C(F)(F)F. The third kappa shape index (κ3) is 21.6. The molecule has 17 N–H and O–H groups in total. The van der Waals surface area contributed by atoms with Crippen molar-refractivity contribution in [2.75, 3.05) is 18.9 Å². The maximum atomic E-state index is 14.3. The van der Waals surface area contributed by atoms with Gasteiger partial charge in [0.05, 0.1) is 24.9 Å². The summed E-state index contributed by atoms with van der Waals surface area (Å²) >= 11 is 3.88. The number of carbonyl (C=O) groups excluding carboxylic acids is 7. The molecule has 0 bridgehead atoms. The molecule has 0 saturated heterocycles. The number of amides is 7. The second-order valence-electron chi connectivity index (χ2n) is 18.1. The molecule has 10 atom stereocenters. The topological polar surface area (TPSA) is 407 Å². The molecule has 432 valence electrons. The van der Waals surface area contributed by atoms with E-state index in [9.17, 15) is 72.0 Å². The van der Waals surface area contributed by atoms with E-state index in [4.69, 9.17) is 21.4 Å². The fourth-order valence-electron chi connectivity index (χ4n) is 7.56. The first-order valence-electron chi connectivity index (χ1n) is 24.6. The van der Waals surface area contributed by atoms with Crippen LogP contribution in [0.2, 0.25) is 0 Å². The number of carboxylic acid groups (broad SMARTS) is 2. The van der Waals surface area contributed by atoms with Gasteiger partial charge in [-0.15, -0.1) is 0 Å². The van der Waals surface area contributed by atoms with E-state index in [1.807, 2.05) is 54.6 Å². The quantitative estimate of drug-likeness (QED) is 0.0216. The highest BCUT2D eigenvalue weighted by atomic mass is 32.1. The number of hydrogen-bond acceptors (Lipinski definition) is 15. The van der Waals surface area contributed by atoms with Gasteiger partial charge in [0.2, 0.25) is 41.4 Å². The largest absolute Gasteiger partial charge is 0.490 e. The molecular weight excluding hydrogens is 1070 g/mol. The van der Waals surface area contributed by atoms with Gasteiger partial charge >= 0.3 is 18.1 Å². The van der Waals surface area contributed by atoms with E-state index in [1.165, 1.54) is 6.92 Å². The maximum Gasteiger partial charge on any atom is 0.490 e. The van der Waals surface area contributed by atoms with Crippen molar-refractivity contribution in [3.8, 4) is 0 Å². The number of aromatic nitrogens is 1. The molecular formula is C51H67F3N10O14S. The number of carbonyl (C=O) groups is 9. The summed E-state index contributed by atoms with van der Waals surface area (Å²) < 4.78 is 31.7. The molecule has 1 heterocycles. The number of nitrogens with two attached hydrogens (primary N) is 2. The standard InChI is InChI=1S/C49H66N10O12S.C2HF3O2/c1-27(61)40(47(68)55-36(22-30-15-7-4-8-16-30)45(66)59-41(28(2)62)48(69)56-38(25-60)46(67)57-39(26-72)49(70)71)58-43(64)35(19-11-12-20-50)53-44(65)37(23-31-24-52-34-18-10-9-17-32(31)34)54-42(63)33(51)21-29-13-5-3-6-14-29;3-2(4,5)1(6)7/h3-10,13-18,24,27-28,33,35-41,52,60-62,72H,11-12,19-23,25-26,50-51H2,1-2H3,(H,53,65)(H,54,63)(H,55,68)(H,56,69)(H,57,67)(H,58,64)(H,59,66)(H,70,71);(H,6,7)/t27-,28-,33+,35+,36+,37+,38+,39+,40+,41+;/m1./s1. The molecule has 0 saturated carbocycles. The monoisotopic (exact) mass is 1130 g/mol. The van der Waals surface area contributed by atoms with Crippen molar-refractivity contribution >= 4 is 76.8 Å². The molecule has 4 aromatic rings. The second kappa shape index (κ2) is 32.3. The first-order chi connectivity index (χ1) is 37.3. The predicted octanol–water partition coefficient (Wildman–Crippen LogP) is -1.55. The van der Waals surface area contributed by atoms with Crippen molar-refractivity contribution in [1.29, 1.82) is 0 Å². The molecule has 3 aromatic carbocycles. The number of aliphatic hydroxyl groups excluding tert-OH is 3. The summed E-state index contributed by atoms with van der Waals surface area (Å²) in [6.07, 6.45) is -5.87. The highest BCUT2D eigenvalue weighted by molar-refractivity contribution is 7.80. The average molecular weight is 1130 g/mol. The van der Waals surface area contributed by atoms with Crippen molar-refractivity contribution in [1.82, 2.24) is 42.2 Å². The number of alkyl halides is 3. The average Bonchev–Trinajstić information content (AvgIpc) is 3.81. The van der Waals surface area contributed by atoms with Crippen LogP contribution in [0.3, 0.4) is 0 Å². The Balaban J connectivity index is 0.00000219. The first-order valence-corrected chi connectivity index (χ1v) is 25.3. The van der Waals surface area contributed by atoms with E-state index >= 15 is 0 Å². The normalized spacial score (nSPS) is 15.0. The lowest BCUT2D eigenvalue weighted by Crippen LogP contribution is -2.63. The Morgan fingerprint density at radius 3 is 1.51 bits per heavy atom. The van der Waals surface area contributed by atoms with Crippen LogP contribution < -0.4 is 48.7 Å². The molecule has 0 aliphatic heterocycles. The Hall–Kier alpha value is -7.63. The van der Waals surface area contributed by atoms with Crippen LogP contribution in [-0.4, -0.2) is 169 Å². The van der Waals surface area contributed by atoms with E-state index in [0.717, 1.165) is 23.4 Å². The van der Waals surface area contributed by atoms with Crippen molar-refractivity contribution < 1.29 is 81.9 Å². The zero-order valence-electron chi connectivity index (χ0n) is 42.9. The van der Waals surface area contributed by atoms with Gasteiger partial charge in [0.15, 0.2) is 0 Å². The molecule has 79 heavy (non-hydrogen) atoms. The third-order valence-electron chi connectivity index (χ3n) is 11.8. The zero-order valence-corrected chi connectivity index (χ0v) is 43.8. The lowest BCUT2D eigenvalue weighted by Gasteiger charge is -2.29. The van der Waals surface area contributed by atoms with Crippen LogP contribution in [0.15, 0.2) is 91.1 Å². The fraction of sp³-hybridized carbons (Fsp3) is 0.431. The summed E-state index contributed by atoms with van der Waals surface area (Å²) in [5.74, 6) is -11.1. The molecule has 4 rings (SSSR count). The Morgan fingerprint density at radius 1 is 0.582 bits per heavy atom. The van der Waals surface area contributed by atoms with Gasteiger partial charge in [-0.1, -0.05) is 78.9 Å². The number of aliphatic carboxylic acids is 2. The van der Waals surface area contributed by atoms with Gasteiger partial charge in [0, 0.05) is 35.7 Å². The number of benzene rings is 3. The summed E-state index contributed by atoms with van der Waals surface area (Å²) in [7, 11) is 0. The van der Waals surface area contributed by atoms with Gasteiger partial charge in [-0.2, -0.15) is 25.8 Å². The van der Waals surface area contributed by atoms with E-state index in [0.29, 0.717) is 24.0 Å². The third-order valence-corrected chi connectivity index (χ3v) is 12.2.